The van der Waals surface area contributed by atoms with Crippen LogP contribution in [0.4, 0.5) is 0 Å². The fraction of sp³-hybridized carbons (Fsp3) is 0.250. The van der Waals surface area contributed by atoms with Crippen molar-refractivity contribution < 1.29 is 29.4 Å². The average molecular weight is 484 g/mol. The molecule has 178 valence electrons. The van der Waals surface area contributed by atoms with Gasteiger partial charge in [0.2, 0.25) is 0 Å². The van der Waals surface area contributed by atoms with Gasteiger partial charge in [-0.25, -0.2) is 4.79 Å². The van der Waals surface area contributed by atoms with Crippen molar-refractivity contribution in [3.8, 4) is 5.75 Å². The molecule has 0 saturated carbocycles. The van der Waals surface area contributed by atoms with Gasteiger partial charge in [-0.15, -0.1) is 11.8 Å². The van der Waals surface area contributed by atoms with Gasteiger partial charge in [0.15, 0.2) is 0 Å². The summed E-state index contributed by atoms with van der Waals surface area (Å²) in [6.07, 6.45) is 2.58. The van der Waals surface area contributed by atoms with Crippen LogP contribution in [0.15, 0.2) is 53.4 Å². The quantitative estimate of drug-likeness (QED) is 0.367. The van der Waals surface area contributed by atoms with Crippen LogP contribution in [-0.2, 0) is 16.1 Å². The van der Waals surface area contributed by atoms with E-state index in [1.165, 1.54) is 36.0 Å². The Balaban J connectivity index is 1.59. The molecule has 10 heteroatoms. The first kappa shape index (κ1) is 24.8. The number of thioether (sulfide) groups is 1. The number of carboxylic acid groups (broad SMARTS) is 1. The minimum Gasteiger partial charge on any atom is -0.508 e. The number of phenols is 1. The third-order valence-corrected chi connectivity index (χ3v) is 6.20. The lowest BCUT2D eigenvalue weighted by molar-refractivity contribution is -0.139. The normalized spacial score (nSPS) is 13.5. The third-order valence-electron chi connectivity index (χ3n) is 5.10. The second-order valence-electron chi connectivity index (χ2n) is 7.66. The molecule has 0 spiro atoms. The van der Waals surface area contributed by atoms with Crippen molar-refractivity contribution in [3.63, 3.8) is 0 Å². The number of aliphatic carboxylic acids is 1. The molecule has 0 unspecified atom stereocenters. The zero-order valence-corrected chi connectivity index (χ0v) is 19.3. The maximum Gasteiger partial charge on any atom is 0.328 e. The Kier molecular flexibility index (Phi) is 8.31. The van der Waals surface area contributed by atoms with Gasteiger partial charge in [-0.3, -0.25) is 14.4 Å². The molecular weight excluding hydrogens is 458 g/mol. The molecule has 0 radical (unpaired) electrons. The number of carboxylic acids is 1. The number of allylic oxidation sites excluding steroid dienone is 1. The summed E-state index contributed by atoms with van der Waals surface area (Å²) in [4.78, 5) is 49.4. The van der Waals surface area contributed by atoms with Crippen LogP contribution in [0, 0.1) is 6.92 Å². The summed E-state index contributed by atoms with van der Waals surface area (Å²) in [5.74, 6) is -1.71. The number of amides is 3. The molecule has 3 amide bonds. The Morgan fingerprint density at radius 3 is 2.47 bits per heavy atom. The molecule has 2 aromatic rings. The lowest BCUT2D eigenvalue weighted by Gasteiger charge is -2.16. The molecule has 0 aromatic heterocycles. The minimum absolute atomic E-state index is 0.103. The number of benzene rings is 2. The summed E-state index contributed by atoms with van der Waals surface area (Å²) in [7, 11) is 0. The summed E-state index contributed by atoms with van der Waals surface area (Å²) in [6.45, 7) is 1.60. The summed E-state index contributed by atoms with van der Waals surface area (Å²) in [5, 5.41) is 26.7. The number of rotatable bonds is 9. The monoisotopic (exact) mass is 483 g/mol. The van der Waals surface area contributed by atoms with Crippen molar-refractivity contribution in [1.82, 2.24) is 16.0 Å². The maximum absolute atomic E-state index is 12.7. The van der Waals surface area contributed by atoms with Gasteiger partial charge in [-0.05, 0) is 54.8 Å². The second kappa shape index (κ2) is 11.4. The van der Waals surface area contributed by atoms with Crippen molar-refractivity contribution in [2.45, 2.75) is 25.9 Å². The first-order valence-corrected chi connectivity index (χ1v) is 11.5. The zero-order chi connectivity index (χ0) is 24.7. The fourth-order valence-electron chi connectivity index (χ4n) is 3.30. The number of carbonyl (C=O) groups is 4. The molecule has 0 fully saturated rings. The van der Waals surface area contributed by atoms with E-state index in [2.05, 4.69) is 16.0 Å². The van der Waals surface area contributed by atoms with Crippen LogP contribution in [-0.4, -0.2) is 52.2 Å². The second-order valence-corrected chi connectivity index (χ2v) is 8.80. The fourth-order valence-corrected chi connectivity index (χ4v) is 4.20. The number of carbonyl (C=O) groups excluding carboxylic acids is 3. The highest BCUT2D eigenvalue weighted by molar-refractivity contribution is 8.04. The average Bonchev–Trinajstić information content (AvgIpc) is 3.34. The molecule has 34 heavy (non-hydrogen) atoms. The van der Waals surface area contributed by atoms with Crippen LogP contribution in [0.3, 0.4) is 0 Å². The molecule has 2 aromatic carbocycles. The number of nitrogens with one attached hydrogen (secondary N) is 3. The molecule has 0 saturated heterocycles. The highest BCUT2D eigenvalue weighted by Crippen LogP contribution is 2.24. The summed E-state index contributed by atoms with van der Waals surface area (Å²) in [6, 6.07) is 9.67. The van der Waals surface area contributed by atoms with Gasteiger partial charge in [0.05, 0.1) is 4.91 Å². The van der Waals surface area contributed by atoms with Crippen molar-refractivity contribution in [2.24, 2.45) is 0 Å². The molecule has 0 aliphatic carbocycles. The number of aromatic hydroxyl groups is 1. The molecule has 3 rings (SSSR count). The predicted molar refractivity (Wildman–Crippen MR) is 128 cm³/mol. The van der Waals surface area contributed by atoms with E-state index in [9.17, 15) is 29.4 Å². The van der Waals surface area contributed by atoms with Crippen LogP contribution in [0.25, 0.3) is 0 Å². The van der Waals surface area contributed by atoms with Gasteiger partial charge in [0.25, 0.3) is 17.7 Å². The van der Waals surface area contributed by atoms with Gasteiger partial charge in [0, 0.05) is 30.0 Å². The lowest BCUT2D eigenvalue weighted by Crippen LogP contribution is -2.48. The largest absolute Gasteiger partial charge is 0.508 e. The first-order chi connectivity index (χ1) is 16.2. The van der Waals surface area contributed by atoms with Gasteiger partial charge in [-0.1, -0.05) is 18.2 Å². The first-order valence-electron chi connectivity index (χ1n) is 10.6. The molecule has 0 bridgehead atoms. The number of hydrogen-bond acceptors (Lipinski definition) is 6. The Bertz CT molecular complexity index is 1150. The van der Waals surface area contributed by atoms with E-state index in [4.69, 9.17) is 0 Å². The van der Waals surface area contributed by atoms with E-state index in [1.807, 2.05) is 0 Å². The van der Waals surface area contributed by atoms with Crippen LogP contribution in [0.1, 0.15) is 38.3 Å². The minimum atomic E-state index is -1.31. The summed E-state index contributed by atoms with van der Waals surface area (Å²) in [5.41, 5.74) is 1.77. The van der Waals surface area contributed by atoms with Crippen LogP contribution >= 0.6 is 11.8 Å². The summed E-state index contributed by atoms with van der Waals surface area (Å²) >= 11 is 1.40. The van der Waals surface area contributed by atoms with E-state index in [-0.39, 0.29) is 36.2 Å². The van der Waals surface area contributed by atoms with Crippen molar-refractivity contribution >= 4 is 35.5 Å². The Morgan fingerprint density at radius 2 is 1.82 bits per heavy atom. The molecule has 1 atom stereocenters. The molecule has 1 aliphatic rings. The maximum atomic E-state index is 12.7. The lowest BCUT2D eigenvalue weighted by atomic mass is 10.0. The van der Waals surface area contributed by atoms with E-state index >= 15 is 0 Å². The van der Waals surface area contributed by atoms with Crippen LogP contribution in [0.2, 0.25) is 0 Å². The van der Waals surface area contributed by atoms with Crippen molar-refractivity contribution in [3.05, 3.63) is 75.7 Å². The topological polar surface area (TPSA) is 145 Å². The van der Waals surface area contributed by atoms with E-state index in [0.29, 0.717) is 16.0 Å². The standard InChI is InChI=1S/C24H25N3O6S/c1-14-10-16(21(29)25-12-15-4-2-5-17(28)11-15)7-8-18(14)22(30)27-19(24(32)33)13-26-23(31)20-6-3-9-34-20/h2,4-8,10-11,19,28H,3,9,12-13H2,1H3,(H,25,29)(H,26,31)(H,27,30)(H,32,33)/t19-/m0/s1. The van der Waals surface area contributed by atoms with Gasteiger partial charge in [-0.2, -0.15) is 0 Å². The molecular formula is C24H25N3O6S. The van der Waals surface area contributed by atoms with E-state index in [1.54, 1.807) is 31.2 Å². The van der Waals surface area contributed by atoms with Crippen LogP contribution < -0.4 is 16.0 Å². The van der Waals surface area contributed by atoms with E-state index in [0.717, 1.165) is 17.7 Å². The molecule has 1 heterocycles. The highest BCUT2D eigenvalue weighted by atomic mass is 32.2. The number of hydrogen-bond donors (Lipinski definition) is 5. The Labute approximate surface area is 200 Å². The Hall–Kier alpha value is -3.79. The van der Waals surface area contributed by atoms with Gasteiger partial charge in [0.1, 0.15) is 11.8 Å². The van der Waals surface area contributed by atoms with Crippen molar-refractivity contribution in [1.29, 1.82) is 0 Å². The zero-order valence-electron chi connectivity index (χ0n) is 18.5. The smallest absolute Gasteiger partial charge is 0.328 e. The van der Waals surface area contributed by atoms with Gasteiger partial charge >= 0.3 is 5.97 Å². The van der Waals surface area contributed by atoms with Gasteiger partial charge < -0.3 is 26.2 Å². The number of aryl methyl sites for hydroxylation is 1. The van der Waals surface area contributed by atoms with Crippen LogP contribution in [0.5, 0.6) is 5.75 Å². The molecule has 9 nitrogen and oxygen atoms in total. The predicted octanol–water partition coefficient (Wildman–Crippen LogP) is 1.95. The molecule has 5 N–H and O–H groups in total. The number of phenolic OH excluding ortho intramolecular Hbond substituents is 1. The molecule has 1 aliphatic heterocycles. The Morgan fingerprint density at radius 1 is 1.03 bits per heavy atom. The van der Waals surface area contributed by atoms with Crippen molar-refractivity contribution in [2.75, 3.05) is 12.3 Å². The summed E-state index contributed by atoms with van der Waals surface area (Å²) < 4.78 is 0. The SMILES string of the molecule is Cc1cc(C(=O)NCc2cccc(O)c2)ccc1C(=O)N[C@@H](CNC(=O)C1=CCCS1)C(=O)O. The third kappa shape index (κ3) is 6.61. The van der Waals surface area contributed by atoms with E-state index < -0.39 is 17.9 Å². The highest BCUT2D eigenvalue weighted by Gasteiger charge is 2.24.